The van der Waals surface area contributed by atoms with Crippen molar-refractivity contribution in [3.05, 3.63) is 47.5 Å². The first-order valence-corrected chi connectivity index (χ1v) is 9.16. The Balaban J connectivity index is 1.93. The minimum Gasteiger partial charge on any atom is -0.497 e. The molecule has 1 aliphatic heterocycles. The van der Waals surface area contributed by atoms with E-state index in [9.17, 15) is 0 Å². The van der Waals surface area contributed by atoms with Gasteiger partial charge in [-0.1, -0.05) is 6.07 Å². The summed E-state index contributed by atoms with van der Waals surface area (Å²) in [5, 5.41) is 2.12. The Hall–Kier alpha value is -2.20. The fraction of sp³-hybridized carbons (Fsp3) is 0.300. The van der Waals surface area contributed by atoms with E-state index in [1.807, 2.05) is 6.07 Å². The van der Waals surface area contributed by atoms with Gasteiger partial charge in [-0.05, 0) is 55.5 Å². The zero-order valence-corrected chi connectivity index (χ0v) is 15.0. The summed E-state index contributed by atoms with van der Waals surface area (Å²) in [6.45, 7) is 5.12. The summed E-state index contributed by atoms with van der Waals surface area (Å²) < 4.78 is 13.9. The van der Waals surface area contributed by atoms with Crippen molar-refractivity contribution in [3.8, 4) is 33.2 Å². The average Bonchev–Trinajstić information content (AvgIpc) is 3.20. The quantitative estimate of drug-likeness (QED) is 0.649. The molecule has 0 spiro atoms. The first kappa shape index (κ1) is 15.3. The molecule has 0 fully saturated rings. The maximum absolute atomic E-state index is 6.14. The highest BCUT2D eigenvalue weighted by Crippen LogP contribution is 2.46. The van der Waals surface area contributed by atoms with Crippen LogP contribution in [0.25, 0.3) is 21.7 Å². The number of methoxy groups -OCH3 is 1. The second kappa shape index (κ2) is 6.02. The lowest BCUT2D eigenvalue weighted by Crippen LogP contribution is -2.10. The Morgan fingerprint density at radius 1 is 1.21 bits per heavy atom. The summed E-state index contributed by atoms with van der Waals surface area (Å²) in [5.41, 5.74) is 5.10. The van der Waals surface area contributed by atoms with Gasteiger partial charge in [-0.3, -0.25) is 0 Å². The van der Waals surface area contributed by atoms with Crippen molar-refractivity contribution in [1.82, 2.24) is 4.57 Å². The fourth-order valence-corrected chi connectivity index (χ4v) is 4.15. The van der Waals surface area contributed by atoms with E-state index in [-0.39, 0.29) is 6.10 Å². The van der Waals surface area contributed by atoms with E-state index in [0.29, 0.717) is 0 Å². The molecule has 4 heteroatoms. The molecule has 0 bridgehead atoms. The van der Waals surface area contributed by atoms with Gasteiger partial charge in [0, 0.05) is 23.2 Å². The molecule has 0 saturated heterocycles. The number of nitrogens with zero attached hydrogens (tertiary/aromatic N) is 1. The van der Waals surface area contributed by atoms with Gasteiger partial charge < -0.3 is 14.0 Å². The van der Waals surface area contributed by atoms with Crippen molar-refractivity contribution >= 4 is 11.3 Å². The van der Waals surface area contributed by atoms with Gasteiger partial charge in [0.05, 0.1) is 24.5 Å². The third-order valence-electron chi connectivity index (χ3n) is 4.36. The molecule has 4 rings (SSSR count). The van der Waals surface area contributed by atoms with E-state index in [4.69, 9.17) is 9.47 Å². The van der Waals surface area contributed by atoms with Crippen LogP contribution in [0.15, 0.2) is 41.9 Å². The van der Waals surface area contributed by atoms with E-state index in [1.165, 1.54) is 27.3 Å². The van der Waals surface area contributed by atoms with Gasteiger partial charge in [0.1, 0.15) is 11.5 Å². The highest BCUT2D eigenvalue weighted by molar-refractivity contribution is 7.13. The number of aryl methyl sites for hydroxylation is 2. The van der Waals surface area contributed by atoms with Crippen molar-refractivity contribution in [2.24, 2.45) is 0 Å². The van der Waals surface area contributed by atoms with Gasteiger partial charge in [-0.25, -0.2) is 0 Å². The van der Waals surface area contributed by atoms with E-state index >= 15 is 0 Å². The average molecular weight is 339 g/mol. The van der Waals surface area contributed by atoms with Crippen LogP contribution >= 0.6 is 11.3 Å². The van der Waals surface area contributed by atoms with Crippen LogP contribution in [0.2, 0.25) is 0 Å². The Bertz CT molecular complexity index is 862. The number of hydrogen-bond donors (Lipinski definition) is 0. The standard InChI is InChI=1S/C20H21NO2S/c1-13(2)23-17-12-21-9-8-14-11-15(22-3)6-7-16(14)20(21)19(17)18-5-4-10-24-18/h4-7,10-13H,8-9H2,1-3H3. The number of benzene rings is 1. The molecule has 3 heterocycles. The first-order chi connectivity index (χ1) is 11.7. The normalized spacial score (nSPS) is 12.8. The van der Waals surface area contributed by atoms with Crippen molar-refractivity contribution in [2.45, 2.75) is 32.9 Å². The second-order valence-electron chi connectivity index (χ2n) is 6.33. The zero-order valence-electron chi connectivity index (χ0n) is 14.2. The molecule has 0 amide bonds. The minimum absolute atomic E-state index is 0.156. The zero-order chi connectivity index (χ0) is 16.7. The van der Waals surface area contributed by atoms with Crippen LogP contribution in [-0.4, -0.2) is 17.8 Å². The highest BCUT2D eigenvalue weighted by Gasteiger charge is 2.26. The van der Waals surface area contributed by atoms with Gasteiger partial charge in [0.2, 0.25) is 0 Å². The second-order valence-corrected chi connectivity index (χ2v) is 7.28. The van der Waals surface area contributed by atoms with E-state index in [2.05, 4.69) is 54.3 Å². The molecule has 0 aliphatic carbocycles. The van der Waals surface area contributed by atoms with Crippen molar-refractivity contribution in [2.75, 3.05) is 7.11 Å². The molecule has 3 nitrogen and oxygen atoms in total. The lowest BCUT2D eigenvalue weighted by molar-refractivity contribution is 0.243. The number of fused-ring (bicyclic) bond motifs is 3. The van der Waals surface area contributed by atoms with Crippen LogP contribution in [0.4, 0.5) is 0 Å². The summed E-state index contributed by atoms with van der Waals surface area (Å²) in [5.74, 6) is 1.90. The Labute approximate surface area is 146 Å². The first-order valence-electron chi connectivity index (χ1n) is 8.28. The third-order valence-corrected chi connectivity index (χ3v) is 5.25. The monoisotopic (exact) mass is 339 g/mol. The molecule has 3 aromatic rings. The molecule has 24 heavy (non-hydrogen) atoms. The molecule has 0 atom stereocenters. The van der Waals surface area contributed by atoms with E-state index < -0.39 is 0 Å². The molecular formula is C20H21NO2S. The third kappa shape index (κ3) is 2.51. The van der Waals surface area contributed by atoms with Crippen LogP contribution in [0, 0.1) is 0 Å². The van der Waals surface area contributed by atoms with Crippen molar-refractivity contribution in [1.29, 1.82) is 0 Å². The topological polar surface area (TPSA) is 23.4 Å². The molecule has 2 aromatic heterocycles. The molecule has 0 radical (unpaired) electrons. The lowest BCUT2D eigenvalue weighted by Gasteiger charge is -2.21. The van der Waals surface area contributed by atoms with Gasteiger partial charge >= 0.3 is 0 Å². The smallest absolute Gasteiger partial charge is 0.146 e. The van der Waals surface area contributed by atoms with Crippen molar-refractivity contribution < 1.29 is 9.47 Å². The minimum atomic E-state index is 0.156. The van der Waals surface area contributed by atoms with Crippen LogP contribution in [0.3, 0.4) is 0 Å². The number of rotatable bonds is 4. The predicted molar refractivity (Wildman–Crippen MR) is 99.2 cm³/mol. The van der Waals surface area contributed by atoms with Gasteiger partial charge in [-0.2, -0.15) is 0 Å². The molecule has 0 saturated carbocycles. The number of thiophene rings is 1. The van der Waals surface area contributed by atoms with E-state index in [0.717, 1.165) is 24.5 Å². The summed E-state index contributed by atoms with van der Waals surface area (Å²) >= 11 is 1.76. The molecule has 0 N–H and O–H groups in total. The van der Waals surface area contributed by atoms with Crippen molar-refractivity contribution in [3.63, 3.8) is 0 Å². The van der Waals surface area contributed by atoms with Gasteiger partial charge in [0.15, 0.2) is 0 Å². The summed E-state index contributed by atoms with van der Waals surface area (Å²) in [6, 6.07) is 10.7. The SMILES string of the molecule is COc1ccc2c(c1)CCn1cc(OC(C)C)c(-c3cccs3)c1-2. The maximum Gasteiger partial charge on any atom is 0.146 e. The molecule has 124 valence electrons. The van der Waals surface area contributed by atoms with Crippen LogP contribution in [0.5, 0.6) is 11.5 Å². The fourth-order valence-electron chi connectivity index (χ4n) is 3.37. The molecular weight excluding hydrogens is 318 g/mol. The Kier molecular flexibility index (Phi) is 3.85. The Morgan fingerprint density at radius 2 is 2.08 bits per heavy atom. The number of aromatic nitrogens is 1. The Morgan fingerprint density at radius 3 is 2.79 bits per heavy atom. The largest absolute Gasteiger partial charge is 0.497 e. The molecule has 1 aromatic carbocycles. The summed E-state index contributed by atoms with van der Waals surface area (Å²) in [4.78, 5) is 1.25. The van der Waals surface area contributed by atoms with Gasteiger partial charge in [-0.15, -0.1) is 11.3 Å². The number of ether oxygens (including phenoxy) is 2. The van der Waals surface area contributed by atoms with E-state index in [1.54, 1.807) is 18.4 Å². The molecule has 1 aliphatic rings. The number of hydrogen-bond acceptors (Lipinski definition) is 3. The van der Waals surface area contributed by atoms with Crippen LogP contribution in [-0.2, 0) is 13.0 Å². The van der Waals surface area contributed by atoms with Gasteiger partial charge in [0.25, 0.3) is 0 Å². The summed E-state index contributed by atoms with van der Waals surface area (Å²) in [6.07, 6.45) is 3.33. The van der Waals surface area contributed by atoms with Crippen LogP contribution < -0.4 is 9.47 Å². The highest BCUT2D eigenvalue weighted by atomic mass is 32.1. The van der Waals surface area contributed by atoms with Crippen LogP contribution in [0.1, 0.15) is 19.4 Å². The lowest BCUT2D eigenvalue weighted by atomic mass is 9.95. The summed E-state index contributed by atoms with van der Waals surface area (Å²) in [7, 11) is 1.72. The molecule has 0 unspecified atom stereocenters. The maximum atomic E-state index is 6.14. The predicted octanol–water partition coefficient (Wildman–Crippen LogP) is 5.24.